The van der Waals surface area contributed by atoms with Gasteiger partial charge in [-0.1, -0.05) is 13.8 Å². The molecule has 0 aromatic heterocycles. The van der Waals surface area contributed by atoms with Crippen LogP contribution in [-0.4, -0.2) is 49.7 Å². The Kier molecular flexibility index (Phi) is 6.42. The van der Waals surface area contributed by atoms with Gasteiger partial charge in [0, 0.05) is 25.7 Å². The molecule has 16 heavy (non-hydrogen) atoms. The Balaban J connectivity index is 2.01. The van der Waals surface area contributed by atoms with Crippen molar-refractivity contribution in [3.8, 4) is 0 Å². The Morgan fingerprint density at radius 1 is 1.31 bits per heavy atom. The average molecular weight is 228 g/mol. The third kappa shape index (κ3) is 5.47. The molecule has 0 saturated carbocycles. The van der Waals surface area contributed by atoms with Gasteiger partial charge in [0.15, 0.2) is 0 Å². The van der Waals surface area contributed by atoms with Gasteiger partial charge in [-0.25, -0.2) is 0 Å². The van der Waals surface area contributed by atoms with Crippen molar-refractivity contribution in [3.05, 3.63) is 0 Å². The summed E-state index contributed by atoms with van der Waals surface area (Å²) in [6.45, 7) is 7.67. The Morgan fingerprint density at radius 3 is 2.62 bits per heavy atom. The lowest BCUT2D eigenvalue weighted by Crippen LogP contribution is -2.38. The standard InChI is InChI=1S/C12H24N2O2/c1-11(2)13-6-9-16-10-12(15)14-7-4-3-5-8-14/h11,13H,3-10H2,1-2H3. The molecule has 4 nitrogen and oxygen atoms in total. The third-order valence-electron chi connectivity index (χ3n) is 2.73. The van der Waals surface area contributed by atoms with Crippen LogP contribution in [-0.2, 0) is 9.53 Å². The minimum absolute atomic E-state index is 0.143. The van der Waals surface area contributed by atoms with Crippen LogP contribution < -0.4 is 5.32 Å². The minimum atomic E-state index is 0.143. The average Bonchev–Trinajstić information content (AvgIpc) is 2.29. The molecule has 0 bridgehead atoms. The molecular formula is C12H24N2O2. The monoisotopic (exact) mass is 228 g/mol. The van der Waals surface area contributed by atoms with Gasteiger partial charge in [0.05, 0.1) is 6.61 Å². The second-order valence-electron chi connectivity index (χ2n) is 4.60. The molecule has 1 fully saturated rings. The van der Waals surface area contributed by atoms with E-state index >= 15 is 0 Å². The lowest BCUT2D eigenvalue weighted by atomic mass is 10.1. The van der Waals surface area contributed by atoms with E-state index in [4.69, 9.17) is 4.74 Å². The van der Waals surface area contributed by atoms with Crippen LogP contribution in [0.2, 0.25) is 0 Å². The van der Waals surface area contributed by atoms with E-state index in [-0.39, 0.29) is 12.5 Å². The highest BCUT2D eigenvalue weighted by molar-refractivity contribution is 5.77. The van der Waals surface area contributed by atoms with E-state index in [9.17, 15) is 4.79 Å². The molecule has 4 heteroatoms. The fraction of sp³-hybridized carbons (Fsp3) is 0.917. The fourth-order valence-electron chi connectivity index (χ4n) is 1.81. The van der Waals surface area contributed by atoms with Gasteiger partial charge in [-0.05, 0) is 19.3 Å². The van der Waals surface area contributed by atoms with Gasteiger partial charge in [-0.15, -0.1) is 0 Å². The Bertz CT molecular complexity index is 201. The van der Waals surface area contributed by atoms with E-state index in [1.807, 2.05) is 4.90 Å². The quantitative estimate of drug-likeness (QED) is 0.690. The molecular weight excluding hydrogens is 204 g/mol. The predicted molar refractivity (Wildman–Crippen MR) is 64.4 cm³/mol. The second kappa shape index (κ2) is 7.63. The summed E-state index contributed by atoms with van der Waals surface area (Å²) in [7, 11) is 0. The number of rotatable bonds is 6. The van der Waals surface area contributed by atoms with Gasteiger partial charge >= 0.3 is 0 Å². The summed E-state index contributed by atoms with van der Waals surface area (Å²) in [4.78, 5) is 13.6. The first-order chi connectivity index (χ1) is 7.70. The molecule has 1 rings (SSSR count). The maximum absolute atomic E-state index is 11.7. The maximum Gasteiger partial charge on any atom is 0.248 e. The number of nitrogens with zero attached hydrogens (tertiary/aromatic N) is 1. The van der Waals surface area contributed by atoms with Crippen molar-refractivity contribution < 1.29 is 9.53 Å². The number of carbonyl (C=O) groups is 1. The number of amides is 1. The van der Waals surface area contributed by atoms with Crippen LogP contribution >= 0.6 is 0 Å². The fourth-order valence-corrected chi connectivity index (χ4v) is 1.81. The van der Waals surface area contributed by atoms with Gasteiger partial charge in [0.25, 0.3) is 0 Å². The van der Waals surface area contributed by atoms with Gasteiger partial charge in [-0.2, -0.15) is 0 Å². The van der Waals surface area contributed by atoms with Crippen molar-refractivity contribution in [2.45, 2.75) is 39.2 Å². The SMILES string of the molecule is CC(C)NCCOCC(=O)N1CCCCC1. The number of piperidine rings is 1. The molecule has 0 unspecified atom stereocenters. The molecule has 1 aliphatic heterocycles. The number of ether oxygens (including phenoxy) is 1. The highest BCUT2D eigenvalue weighted by atomic mass is 16.5. The van der Waals surface area contributed by atoms with Gasteiger partial charge in [0.1, 0.15) is 6.61 Å². The van der Waals surface area contributed by atoms with Crippen LogP contribution in [0.1, 0.15) is 33.1 Å². The smallest absolute Gasteiger partial charge is 0.248 e. The van der Waals surface area contributed by atoms with Gasteiger partial charge < -0.3 is 15.0 Å². The number of hydrogen-bond donors (Lipinski definition) is 1. The Labute approximate surface area is 98.3 Å². The number of hydrogen-bond acceptors (Lipinski definition) is 3. The maximum atomic E-state index is 11.7. The molecule has 1 amide bonds. The summed E-state index contributed by atoms with van der Waals surface area (Å²) in [5.74, 6) is 0.143. The predicted octanol–water partition coefficient (Wildman–Crippen LogP) is 1.01. The highest BCUT2D eigenvalue weighted by Crippen LogP contribution is 2.08. The van der Waals surface area contributed by atoms with Gasteiger partial charge in [0.2, 0.25) is 5.91 Å². The Morgan fingerprint density at radius 2 is 2.00 bits per heavy atom. The van der Waals surface area contributed by atoms with Crippen LogP contribution in [0.15, 0.2) is 0 Å². The summed E-state index contributed by atoms with van der Waals surface area (Å²) in [5.41, 5.74) is 0. The van der Waals surface area contributed by atoms with Crippen molar-refractivity contribution in [1.29, 1.82) is 0 Å². The van der Waals surface area contributed by atoms with Crippen LogP contribution in [0.3, 0.4) is 0 Å². The molecule has 1 N–H and O–H groups in total. The lowest BCUT2D eigenvalue weighted by molar-refractivity contribution is -0.136. The summed E-state index contributed by atoms with van der Waals surface area (Å²) >= 11 is 0. The molecule has 94 valence electrons. The van der Waals surface area contributed by atoms with E-state index in [1.165, 1.54) is 6.42 Å². The zero-order valence-corrected chi connectivity index (χ0v) is 10.5. The normalized spacial score (nSPS) is 16.8. The first kappa shape index (κ1) is 13.5. The summed E-state index contributed by atoms with van der Waals surface area (Å²) in [6.07, 6.45) is 3.53. The van der Waals surface area contributed by atoms with Crippen LogP contribution in [0.5, 0.6) is 0 Å². The highest BCUT2D eigenvalue weighted by Gasteiger charge is 2.15. The molecule has 1 aliphatic rings. The molecule has 0 aromatic carbocycles. The van der Waals surface area contributed by atoms with Crippen LogP contribution in [0, 0.1) is 0 Å². The van der Waals surface area contributed by atoms with Crippen molar-refractivity contribution in [2.75, 3.05) is 32.8 Å². The zero-order valence-electron chi connectivity index (χ0n) is 10.5. The molecule has 1 heterocycles. The number of nitrogens with one attached hydrogen (secondary N) is 1. The first-order valence-corrected chi connectivity index (χ1v) is 6.29. The zero-order chi connectivity index (χ0) is 11.8. The molecule has 0 radical (unpaired) electrons. The first-order valence-electron chi connectivity index (χ1n) is 6.29. The molecule has 0 aromatic rings. The van der Waals surface area contributed by atoms with Gasteiger partial charge in [-0.3, -0.25) is 4.79 Å². The largest absolute Gasteiger partial charge is 0.370 e. The Hall–Kier alpha value is -0.610. The van der Waals surface area contributed by atoms with Crippen molar-refractivity contribution >= 4 is 5.91 Å². The van der Waals surface area contributed by atoms with E-state index in [2.05, 4.69) is 19.2 Å². The van der Waals surface area contributed by atoms with Crippen LogP contribution in [0.4, 0.5) is 0 Å². The van der Waals surface area contributed by atoms with E-state index in [1.54, 1.807) is 0 Å². The molecule has 0 spiro atoms. The topological polar surface area (TPSA) is 41.6 Å². The summed E-state index contributed by atoms with van der Waals surface area (Å²) in [6, 6.07) is 0.474. The summed E-state index contributed by atoms with van der Waals surface area (Å²) < 4.78 is 5.35. The van der Waals surface area contributed by atoms with E-state index in [0.717, 1.165) is 32.5 Å². The summed E-state index contributed by atoms with van der Waals surface area (Å²) in [5, 5.41) is 3.25. The third-order valence-corrected chi connectivity index (χ3v) is 2.73. The number of carbonyl (C=O) groups excluding carboxylic acids is 1. The van der Waals surface area contributed by atoms with Crippen LogP contribution in [0.25, 0.3) is 0 Å². The van der Waals surface area contributed by atoms with Crippen molar-refractivity contribution in [1.82, 2.24) is 10.2 Å². The minimum Gasteiger partial charge on any atom is -0.370 e. The van der Waals surface area contributed by atoms with E-state index < -0.39 is 0 Å². The molecule has 0 aliphatic carbocycles. The second-order valence-corrected chi connectivity index (χ2v) is 4.60. The lowest BCUT2D eigenvalue weighted by Gasteiger charge is -2.26. The van der Waals surface area contributed by atoms with E-state index in [0.29, 0.717) is 12.6 Å². The molecule has 0 atom stereocenters. The van der Waals surface area contributed by atoms with Crippen molar-refractivity contribution in [3.63, 3.8) is 0 Å². The number of likely N-dealkylation sites (tertiary alicyclic amines) is 1. The molecule has 1 saturated heterocycles. The van der Waals surface area contributed by atoms with Crippen molar-refractivity contribution in [2.24, 2.45) is 0 Å².